The Balaban J connectivity index is 2.91. The third-order valence-corrected chi connectivity index (χ3v) is 3.43. The lowest BCUT2D eigenvalue weighted by Crippen LogP contribution is -2.39. The molecule has 0 fully saturated rings. The first-order valence-corrected chi connectivity index (χ1v) is 6.91. The molecular weight excluding hydrogens is 248 g/mol. The second-order valence-electron chi connectivity index (χ2n) is 4.45. The Hall–Kier alpha value is -1.09. The van der Waals surface area contributed by atoms with E-state index in [1.165, 1.54) is 0 Å². The van der Waals surface area contributed by atoms with E-state index >= 15 is 0 Å². The van der Waals surface area contributed by atoms with E-state index in [9.17, 15) is 4.79 Å². The fraction of sp³-hybridized carbons (Fsp3) is 0.571. The second kappa shape index (κ2) is 7.37. The van der Waals surface area contributed by atoms with Crippen LogP contribution in [0.2, 0.25) is 5.15 Å². The summed E-state index contributed by atoms with van der Waals surface area (Å²) in [4.78, 5) is 18.3. The van der Waals surface area contributed by atoms with Gasteiger partial charge in [0.15, 0.2) is 0 Å². The Morgan fingerprint density at radius 3 is 2.78 bits per heavy atom. The van der Waals surface area contributed by atoms with E-state index in [-0.39, 0.29) is 17.1 Å². The van der Waals surface area contributed by atoms with Gasteiger partial charge in [-0.05, 0) is 31.9 Å². The van der Waals surface area contributed by atoms with Crippen molar-refractivity contribution in [2.24, 2.45) is 0 Å². The summed E-state index contributed by atoms with van der Waals surface area (Å²) in [5.41, 5.74) is 0.496. The largest absolute Gasteiger partial charge is 0.336 e. The van der Waals surface area contributed by atoms with Crippen LogP contribution >= 0.6 is 11.6 Å². The van der Waals surface area contributed by atoms with Gasteiger partial charge in [-0.3, -0.25) is 4.79 Å². The van der Waals surface area contributed by atoms with Crippen LogP contribution in [0.15, 0.2) is 18.3 Å². The number of carbonyl (C=O) groups excluding carboxylic acids is 1. The molecule has 1 amide bonds. The van der Waals surface area contributed by atoms with Crippen molar-refractivity contribution >= 4 is 17.5 Å². The van der Waals surface area contributed by atoms with E-state index in [4.69, 9.17) is 11.6 Å². The number of pyridine rings is 1. The number of nitrogens with zero attached hydrogens (tertiary/aromatic N) is 2. The highest BCUT2D eigenvalue weighted by Crippen LogP contribution is 2.17. The predicted octanol–water partition coefficient (Wildman–Crippen LogP) is 3.78. The van der Waals surface area contributed by atoms with Gasteiger partial charge in [0.25, 0.3) is 5.91 Å². The first-order chi connectivity index (χ1) is 8.61. The molecule has 18 heavy (non-hydrogen) atoms. The molecule has 0 saturated heterocycles. The van der Waals surface area contributed by atoms with Gasteiger partial charge < -0.3 is 4.90 Å². The van der Waals surface area contributed by atoms with Crippen LogP contribution in [-0.4, -0.2) is 28.4 Å². The van der Waals surface area contributed by atoms with Gasteiger partial charge in [0.2, 0.25) is 0 Å². The second-order valence-corrected chi connectivity index (χ2v) is 4.81. The lowest BCUT2D eigenvalue weighted by atomic mass is 10.1. The SMILES string of the molecule is CCCCN(C(=O)c1cccnc1Cl)C(C)CC. The molecule has 1 atom stereocenters. The third kappa shape index (κ3) is 3.70. The summed E-state index contributed by atoms with van der Waals surface area (Å²) in [5.74, 6) is -0.0177. The van der Waals surface area contributed by atoms with E-state index in [1.807, 2.05) is 4.90 Å². The van der Waals surface area contributed by atoms with Gasteiger partial charge in [-0.25, -0.2) is 4.98 Å². The van der Waals surface area contributed by atoms with Gasteiger partial charge in [0.1, 0.15) is 5.15 Å². The zero-order chi connectivity index (χ0) is 13.5. The maximum Gasteiger partial charge on any atom is 0.257 e. The highest BCUT2D eigenvalue weighted by molar-refractivity contribution is 6.32. The van der Waals surface area contributed by atoms with E-state index in [1.54, 1.807) is 18.3 Å². The molecule has 0 spiro atoms. The van der Waals surface area contributed by atoms with Gasteiger partial charge in [-0.15, -0.1) is 0 Å². The Labute approximate surface area is 114 Å². The molecule has 0 aliphatic heterocycles. The summed E-state index contributed by atoms with van der Waals surface area (Å²) in [7, 11) is 0. The van der Waals surface area contributed by atoms with E-state index in [0.717, 1.165) is 25.8 Å². The molecule has 0 aliphatic carbocycles. The van der Waals surface area contributed by atoms with Crippen molar-refractivity contribution < 1.29 is 4.79 Å². The summed E-state index contributed by atoms with van der Waals surface area (Å²) >= 11 is 5.99. The highest BCUT2D eigenvalue weighted by Gasteiger charge is 2.22. The van der Waals surface area contributed by atoms with Crippen LogP contribution in [-0.2, 0) is 0 Å². The molecule has 1 aromatic heterocycles. The first kappa shape index (κ1) is 15.0. The summed E-state index contributed by atoms with van der Waals surface area (Å²) < 4.78 is 0. The Morgan fingerprint density at radius 1 is 1.50 bits per heavy atom. The molecular formula is C14H21ClN2O. The van der Waals surface area contributed by atoms with Crippen molar-refractivity contribution in [3.8, 4) is 0 Å². The van der Waals surface area contributed by atoms with Gasteiger partial charge in [-0.2, -0.15) is 0 Å². The van der Waals surface area contributed by atoms with Crippen LogP contribution in [0.5, 0.6) is 0 Å². The van der Waals surface area contributed by atoms with Crippen molar-refractivity contribution in [3.63, 3.8) is 0 Å². The highest BCUT2D eigenvalue weighted by atomic mass is 35.5. The van der Waals surface area contributed by atoms with Crippen molar-refractivity contribution in [1.82, 2.24) is 9.88 Å². The molecule has 0 radical (unpaired) electrons. The molecule has 0 bridgehead atoms. The van der Waals surface area contributed by atoms with Crippen LogP contribution in [0.25, 0.3) is 0 Å². The summed E-state index contributed by atoms with van der Waals surface area (Å²) in [6.07, 6.45) is 4.61. The molecule has 1 unspecified atom stereocenters. The normalized spacial score (nSPS) is 12.2. The molecule has 1 heterocycles. The maximum absolute atomic E-state index is 12.5. The standard InChI is InChI=1S/C14H21ClN2O/c1-4-6-10-17(11(3)5-2)14(18)12-8-7-9-16-13(12)15/h7-9,11H,4-6,10H2,1-3H3. The Morgan fingerprint density at radius 2 is 2.22 bits per heavy atom. The average molecular weight is 269 g/mol. The van der Waals surface area contributed by atoms with Gasteiger partial charge in [-0.1, -0.05) is 31.9 Å². The number of rotatable bonds is 6. The number of unbranched alkanes of at least 4 members (excludes halogenated alkanes) is 1. The van der Waals surface area contributed by atoms with E-state index < -0.39 is 0 Å². The quantitative estimate of drug-likeness (QED) is 0.736. The minimum Gasteiger partial charge on any atom is -0.336 e. The molecule has 1 aromatic rings. The van der Waals surface area contributed by atoms with Gasteiger partial charge >= 0.3 is 0 Å². The maximum atomic E-state index is 12.5. The van der Waals surface area contributed by atoms with Gasteiger partial charge in [0, 0.05) is 18.8 Å². The number of hydrogen-bond donors (Lipinski definition) is 0. The van der Waals surface area contributed by atoms with Gasteiger partial charge in [0.05, 0.1) is 5.56 Å². The molecule has 1 rings (SSSR count). The summed E-state index contributed by atoms with van der Waals surface area (Å²) in [6.45, 7) is 7.05. The topological polar surface area (TPSA) is 33.2 Å². The van der Waals surface area contributed by atoms with Crippen LogP contribution in [0.1, 0.15) is 50.4 Å². The fourth-order valence-corrected chi connectivity index (χ4v) is 1.97. The van der Waals surface area contributed by atoms with Crippen molar-refractivity contribution in [1.29, 1.82) is 0 Å². The van der Waals surface area contributed by atoms with Crippen molar-refractivity contribution in [2.75, 3.05) is 6.54 Å². The number of aromatic nitrogens is 1. The smallest absolute Gasteiger partial charge is 0.257 e. The lowest BCUT2D eigenvalue weighted by molar-refractivity contribution is 0.0685. The van der Waals surface area contributed by atoms with Crippen LogP contribution in [0, 0.1) is 0 Å². The van der Waals surface area contributed by atoms with E-state index in [2.05, 4.69) is 25.8 Å². The zero-order valence-electron chi connectivity index (χ0n) is 11.3. The molecule has 100 valence electrons. The minimum absolute atomic E-state index is 0.0177. The minimum atomic E-state index is -0.0177. The molecule has 0 N–H and O–H groups in total. The first-order valence-electron chi connectivity index (χ1n) is 6.53. The van der Waals surface area contributed by atoms with Crippen molar-refractivity contribution in [2.45, 2.75) is 46.1 Å². The fourth-order valence-electron chi connectivity index (χ4n) is 1.77. The molecule has 3 nitrogen and oxygen atoms in total. The van der Waals surface area contributed by atoms with E-state index in [0.29, 0.717) is 5.56 Å². The van der Waals surface area contributed by atoms with Crippen LogP contribution < -0.4 is 0 Å². The Bertz CT molecular complexity index is 395. The molecule has 4 heteroatoms. The summed E-state index contributed by atoms with van der Waals surface area (Å²) in [5, 5.41) is 0.285. The third-order valence-electron chi connectivity index (χ3n) is 3.13. The number of amides is 1. The lowest BCUT2D eigenvalue weighted by Gasteiger charge is -2.28. The monoisotopic (exact) mass is 268 g/mol. The summed E-state index contributed by atoms with van der Waals surface area (Å²) in [6, 6.07) is 3.70. The average Bonchev–Trinajstić information content (AvgIpc) is 2.39. The Kier molecular flexibility index (Phi) is 6.13. The number of carbonyl (C=O) groups is 1. The zero-order valence-corrected chi connectivity index (χ0v) is 12.1. The van der Waals surface area contributed by atoms with Crippen LogP contribution in [0.4, 0.5) is 0 Å². The predicted molar refractivity (Wildman–Crippen MR) is 74.9 cm³/mol. The number of hydrogen-bond acceptors (Lipinski definition) is 2. The molecule has 0 saturated carbocycles. The number of halogens is 1. The molecule has 0 aliphatic rings. The molecule has 0 aromatic carbocycles. The van der Waals surface area contributed by atoms with Crippen LogP contribution in [0.3, 0.4) is 0 Å². The van der Waals surface area contributed by atoms with Crippen molar-refractivity contribution in [3.05, 3.63) is 29.0 Å².